The van der Waals surface area contributed by atoms with Gasteiger partial charge in [0.1, 0.15) is 11.2 Å². The van der Waals surface area contributed by atoms with Crippen molar-refractivity contribution in [2.45, 2.75) is 0 Å². The Morgan fingerprint density at radius 3 is 1.50 bits per heavy atom. The van der Waals surface area contributed by atoms with E-state index in [0.29, 0.717) is 5.82 Å². The molecule has 318 valence electrons. The highest BCUT2D eigenvalue weighted by Gasteiger charge is 2.19. The number of aromatic nitrogens is 3. The van der Waals surface area contributed by atoms with Crippen molar-refractivity contribution in [1.29, 1.82) is 0 Å². The van der Waals surface area contributed by atoms with Crippen molar-refractivity contribution in [3.05, 3.63) is 249 Å². The van der Waals surface area contributed by atoms with Gasteiger partial charge in [-0.1, -0.05) is 170 Å². The van der Waals surface area contributed by atoms with Crippen molar-refractivity contribution < 1.29 is 4.42 Å². The first-order valence-electron chi connectivity index (χ1n) is 23.0. The van der Waals surface area contributed by atoms with Gasteiger partial charge in [0.05, 0.1) is 22.4 Å². The van der Waals surface area contributed by atoms with Crippen LogP contribution in [0.2, 0.25) is 0 Å². The van der Waals surface area contributed by atoms with Gasteiger partial charge in [-0.15, -0.1) is 0 Å². The maximum absolute atomic E-state index is 6.60. The molecule has 4 heteroatoms. The van der Waals surface area contributed by atoms with Crippen LogP contribution >= 0.6 is 0 Å². The lowest BCUT2D eigenvalue weighted by molar-refractivity contribution is 0.669. The van der Waals surface area contributed by atoms with Crippen LogP contribution in [0.3, 0.4) is 0 Å². The number of hydrogen-bond donors (Lipinski definition) is 0. The van der Waals surface area contributed by atoms with Crippen molar-refractivity contribution in [3.8, 4) is 84.1 Å². The molecule has 3 aromatic heterocycles. The van der Waals surface area contributed by atoms with Crippen LogP contribution in [-0.2, 0) is 0 Å². The molecule has 13 rings (SSSR count). The third kappa shape index (κ3) is 6.95. The molecule has 0 amide bonds. The van der Waals surface area contributed by atoms with E-state index in [9.17, 15) is 0 Å². The Kier molecular flexibility index (Phi) is 9.47. The number of nitrogens with zero attached hydrogens (tertiary/aromatic N) is 3. The number of fused-ring (bicyclic) bond motifs is 6. The van der Waals surface area contributed by atoms with Gasteiger partial charge in [-0.25, -0.2) is 9.97 Å². The molecule has 0 aliphatic rings. The Morgan fingerprint density at radius 2 is 0.794 bits per heavy atom. The molecule has 3 heterocycles. The molecule has 0 bridgehead atoms. The predicted octanol–water partition coefficient (Wildman–Crippen LogP) is 17.1. The minimum Gasteiger partial charge on any atom is -0.456 e. The van der Waals surface area contributed by atoms with E-state index in [1.54, 1.807) is 0 Å². The van der Waals surface area contributed by atoms with Gasteiger partial charge < -0.3 is 8.98 Å². The molecular formula is C64H41N3O. The first kappa shape index (κ1) is 39.3. The average molecular weight is 868 g/mol. The molecule has 0 radical (unpaired) electrons. The lowest BCUT2D eigenvalue weighted by Gasteiger charge is -2.13. The van der Waals surface area contributed by atoms with Crippen molar-refractivity contribution >= 4 is 43.7 Å². The average Bonchev–Trinajstić information content (AvgIpc) is 3.97. The summed E-state index contributed by atoms with van der Waals surface area (Å²) in [5.41, 5.74) is 18.9. The molecule has 0 N–H and O–H groups in total. The number of hydrogen-bond acceptors (Lipinski definition) is 3. The van der Waals surface area contributed by atoms with Crippen LogP contribution < -0.4 is 0 Å². The maximum atomic E-state index is 6.60. The smallest absolute Gasteiger partial charge is 0.161 e. The highest BCUT2D eigenvalue weighted by molar-refractivity contribution is 6.14. The van der Waals surface area contributed by atoms with Crippen LogP contribution in [0.15, 0.2) is 253 Å². The Labute approximate surface area is 393 Å². The molecule has 4 nitrogen and oxygen atoms in total. The van der Waals surface area contributed by atoms with Crippen molar-refractivity contribution in [3.63, 3.8) is 0 Å². The third-order valence-corrected chi connectivity index (χ3v) is 13.2. The van der Waals surface area contributed by atoms with Gasteiger partial charge in [0, 0.05) is 43.9 Å². The van der Waals surface area contributed by atoms with E-state index in [-0.39, 0.29) is 0 Å². The standard InChI is InChI=1S/C64H41N3O/c1-5-17-42(18-6-1)49-36-50(43-19-7-2-8-20-43)38-51(37-49)45-23-15-24-48(35-45)58-41-57(44-21-9-3-10-22-44)65-64(66-58)54-28-16-30-62-63(54)56-40-47(32-34-61(56)68-62)46-31-33-60-55(39-46)53-27-13-14-29-59(53)67(60)52-25-11-4-12-26-52/h1-41H. The summed E-state index contributed by atoms with van der Waals surface area (Å²) >= 11 is 0. The van der Waals surface area contributed by atoms with Gasteiger partial charge in [-0.05, 0) is 123 Å². The van der Waals surface area contributed by atoms with E-state index >= 15 is 0 Å². The highest BCUT2D eigenvalue weighted by Crippen LogP contribution is 2.41. The van der Waals surface area contributed by atoms with E-state index < -0.39 is 0 Å². The minimum absolute atomic E-state index is 0.637. The summed E-state index contributed by atoms with van der Waals surface area (Å²) < 4.78 is 8.96. The Morgan fingerprint density at radius 1 is 0.294 bits per heavy atom. The van der Waals surface area contributed by atoms with Crippen molar-refractivity contribution in [1.82, 2.24) is 14.5 Å². The molecule has 0 saturated heterocycles. The van der Waals surface area contributed by atoms with E-state index in [1.807, 2.05) is 18.2 Å². The number of benzene rings is 10. The normalized spacial score (nSPS) is 11.5. The van der Waals surface area contributed by atoms with Gasteiger partial charge in [-0.3, -0.25) is 0 Å². The summed E-state index contributed by atoms with van der Waals surface area (Å²) in [7, 11) is 0. The third-order valence-electron chi connectivity index (χ3n) is 13.2. The summed E-state index contributed by atoms with van der Waals surface area (Å²) in [4.78, 5) is 10.7. The van der Waals surface area contributed by atoms with Crippen LogP contribution in [0.1, 0.15) is 0 Å². The van der Waals surface area contributed by atoms with Gasteiger partial charge in [-0.2, -0.15) is 0 Å². The zero-order chi connectivity index (χ0) is 45.0. The van der Waals surface area contributed by atoms with Gasteiger partial charge >= 0.3 is 0 Å². The Bertz CT molecular complexity index is 3950. The second kappa shape index (κ2) is 16.4. The first-order valence-corrected chi connectivity index (χ1v) is 23.0. The molecule has 0 atom stereocenters. The summed E-state index contributed by atoms with van der Waals surface area (Å²) in [5, 5.41) is 4.44. The quantitative estimate of drug-likeness (QED) is 0.153. The van der Waals surface area contributed by atoms with E-state index in [0.717, 1.165) is 78.0 Å². The fraction of sp³-hybridized carbons (Fsp3) is 0. The molecule has 0 unspecified atom stereocenters. The molecule has 0 fully saturated rings. The van der Waals surface area contributed by atoms with Gasteiger partial charge in [0.25, 0.3) is 0 Å². The largest absolute Gasteiger partial charge is 0.456 e. The molecular weight excluding hydrogens is 827 g/mol. The summed E-state index contributed by atoms with van der Waals surface area (Å²) in [5.74, 6) is 0.637. The second-order valence-corrected chi connectivity index (χ2v) is 17.4. The zero-order valence-electron chi connectivity index (χ0n) is 36.9. The Balaban J connectivity index is 0.950. The lowest BCUT2D eigenvalue weighted by Crippen LogP contribution is -1.96. The Hall–Kier alpha value is -9.12. The van der Waals surface area contributed by atoms with Crippen LogP contribution in [-0.4, -0.2) is 14.5 Å². The highest BCUT2D eigenvalue weighted by atomic mass is 16.3. The fourth-order valence-electron chi connectivity index (χ4n) is 9.92. The number of furan rings is 1. The van der Waals surface area contributed by atoms with E-state index in [4.69, 9.17) is 14.4 Å². The van der Waals surface area contributed by atoms with Crippen molar-refractivity contribution in [2.24, 2.45) is 0 Å². The summed E-state index contributed by atoms with van der Waals surface area (Å²) in [6.07, 6.45) is 0. The molecule has 68 heavy (non-hydrogen) atoms. The van der Waals surface area contributed by atoms with Gasteiger partial charge in [0.15, 0.2) is 5.82 Å². The summed E-state index contributed by atoms with van der Waals surface area (Å²) in [6.45, 7) is 0. The fourth-order valence-corrected chi connectivity index (χ4v) is 9.92. The first-order chi connectivity index (χ1) is 33.7. The van der Waals surface area contributed by atoms with E-state index in [2.05, 4.69) is 235 Å². The van der Waals surface area contributed by atoms with E-state index in [1.165, 1.54) is 44.1 Å². The zero-order valence-corrected chi connectivity index (χ0v) is 36.9. The van der Waals surface area contributed by atoms with Crippen LogP contribution in [0.5, 0.6) is 0 Å². The predicted molar refractivity (Wildman–Crippen MR) is 282 cm³/mol. The lowest BCUT2D eigenvalue weighted by atomic mass is 9.92. The van der Waals surface area contributed by atoms with Gasteiger partial charge in [0.2, 0.25) is 0 Å². The van der Waals surface area contributed by atoms with Crippen LogP contribution in [0, 0.1) is 0 Å². The monoisotopic (exact) mass is 867 g/mol. The number of para-hydroxylation sites is 2. The van der Waals surface area contributed by atoms with Crippen molar-refractivity contribution in [2.75, 3.05) is 0 Å². The van der Waals surface area contributed by atoms with Crippen LogP contribution in [0.4, 0.5) is 0 Å². The molecule has 0 spiro atoms. The summed E-state index contributed by atoms with van der Waals surface area (Å²) in [6, 6.07) is 88.1. The minimum atomic E-state index is 0.637. The maximum Gasteiger partial charge on any atom is 0.161 e. The number of rotatable bonds is 8. The second-order valence-electron chi connectivity index (χ2n) is 17.4. The molecule has 0 aliphatic carbocycles. The topological polar surface area (TPSA) is 43.9 Å². The molecule has 10 aromatic carbocycles. The van der Waals surface area contributed by atoms with Crippen LogP contribution in [0.25, 0.3) is 128 Å². The molecule has 0 saturated carbocycles. The SMILES string of the molecule is c1ccc(-c2cc(-c3ccccc3)cc(-c3cccc(-c4cc(-c5ccccc5)nc(-c5cccc6oc7ccc(-c8ccc9c(c8)c8ccccc8n9-c8ccccc8)cc7c56)n4)c3)c2)cc1. The molecule has 0 aliphatic heterocycles. The molecule has 13 aromatic rings.